The van der Waals surface area contributed by atoms with E-state index < -0.39 is 0 Å². The monoisotopic (exact) mass is 280 g/mol. The van der Waals surface area contributed by atoms with Crippen LogP contribution < -0.4 is 10.6 Å². The van der Waals surface area contributed by atoms with Gasteiger partial charge in [0.2, 0.25) is 0 Å². The Kier molecular flexibility index (Phi) is 3.63. The van der Waals surface area contributed by atoms with Crippen molar-refractivity contribution in [1.29, 1.82) is 0 Å². The molecule has 1 aromatic rings. The smallest absolute Gasteiger partial charge is 0.155 e. The maximum Gasteiger partial charge on any atom is 0.155 e. The van der Waals surface area contributed by atoms with Crippen molar-refractivity contribution in [2.75, 3.05) is 11.4 Å². The predicted molar refractivity (Wildman–Crippen MR) is 77.7 cm³/mol. The molecule has 0 aromatic carbocycles. The standard InChI is InChI=1S/C14H21ClN4/c1-9-10-5-4-8-19(14(10)18-17-13(9)15)12-7-3-2-6-11(12)16/h11-12H,2-8,16H2,1H3/t11-,12-/m1/s1. The van der Waals surface area contributed by atoms with E-state index in [-0.39, 0.29) is 6.04 Å². The van der Waals surface area contributed by atoms with Crippen molar-refractivity contribution in [3.63, 3.8) is 0 Å². The van der Waals surface area contributed by atoms with Crippen molar-refractivity contribution in [3.05, 3.63) is 16.3 Å². The second kappa shape index (κ2) is 5.25. The second-order valence-corrected chi connectivity index (χ2v) is 6.09. The van der Waals surface area contributed by atoms with Crippen molar-refractivity contribution in [2.45, 2.75) is 57.5 Å². The van der Waals surface area contributed by atoms with Gasteiger partial charge in [0.1, 0.15) is 0 Å². The van der Waals surface area contributed by atoms with Gasteiger partial charge < -0.3 is 10.6 Å². The van der Waals surface area contributed by atoms with E-state index in [9.17, 15) is 0 Å². The molecule has 5 heteroatoms. The highest BCUT2D eigenvalue weighted by Crippen LogP contribution is 2.34. The first-order valence-corrected chi connectivity index (χ1v) is 7.60. The zero-order chi connectivity index (χ0) is 13.4. The van der Waals surface area contributed by atoms with Crippen LogP contribution >= 0.6 is 11.6 Å². The van der Waals surface area contributed by atoms with E-state index in [0.29, 0.717) is 11.2 Å². The summed E-state index contributed by atoms with van der Waals surface area (Å²) >= 11 is 6.09. The summed E-state index contributed by atoms with van der Waals surface area (Å²) in [5.74, 6) is 1.02. The Morgan fingerprint density at radius 2 is 2.00 bits per heavy atom. The molecule has 1 fully saturated rings. The van der Waals surface area contributed by atoms with Gasteiger partial charge in [0.25, 0.3) is 0 Å². The van der Waals surface area contributed by atoms with Crippen LogP contribution in [0.15, 0.2) is 0 Å². The Morgan fingerprint density at radius 1 is 1.21 bits per heavy atom. The molecule has 0 saturated heterocycles. The highest BCUT2D eigenvalue weighted by Gasteiger charge is 2.32. The molecule has 19 heavy (non-hydrogen) atoms. The van der Waals surface area contributed by atoms with Crippen molar-refractivity contribution in [2.24, 2.45) is 5.73 Å². The predicted octanol–water partition coefficient (Wildman–Crippen LogP) is 2.46. The fourth-order valence-corrected chi connectivity index (χ4v) is 3.58. The number of hydrogen-bond acceptors (Lipinski definition) is 4. The van der Waals surface area contributed by atoms with E-state index in [1.807, 2.05) is 6.92 Å². The third-order valence-electron chi connectivity index (χ3n) is 4.54. The molecule has 0 spiro atoms. The Hall–Kier alpha value is -0.870. The van der Waals surface area contributed by atoms with Gasteiger partial charge >= 0.3 is 0 Å². The molecule has 104 valence electrons. The minimum absolute atomic E-state index is 0.262. The number of rotatable bonds is 1. The Bertz CT molecular complexity index is 477. The first-order valence-electron chi connectivity index (χ1n) is 7.22. The van der Waals surface area contributed by atoms with Crippen LogP contribution in [0.4, 0.5) is 5.82 Å². The molecule has 3 rings (SSSR count). The molecule has 0 amide bonds. The molecule has 1 saturated carbocycles. The molecule has 4 nitrogen and oxygen atoms in total. The molecule has 2 atom stereocenters. The lowest BCUT2D eigenvalue weighted by Gasteiger charge is -2.41. The minimum Gasteiger partial charge on any atom is -0.350 e. The first kappa shape index (κ1) is 13.1. The van der Waals surface area contributed by atoms with E-state index in [4.69, 9.17) is 17.3 Å². The van der Waals surface area contributed by atoms with Crippen LogP contribution in [0.25, 0.3) is 0 Å². The average Bonchev–Trinajstić information content (AvgIpc) is 2.43. The summed E-state index contributed by atoms with van der Waals surface area (Å²) in [4.78, 5) is 2.39. The SMILES string of the molecule is Cc1c(Cl)nnc2c1CCCN2[C@@H]1CCCC[C@H]1N. The zero-order valence-electron chi connectivity index (χ0n) is 11.4. The van der Waals surface area contributed by atoms with Gasteiger partial charge in [-0.1, -0.05) is 24.4 Å². The maximum absolute atomic E-state index is 6.32. The first-order chi connectivity index (χ1) is 9.18. The topological polar surface area (TPSA) is 55.0 Å². The summed E-state index contributed by atoms with van der Waals surface area (Å²) in [6.07, 6.45) is 7.02. The number of hydrogen-bond donors (Lipinski definition) is 1. The lowest BCUT2D eigenvalue weighted by Crippen LogP contribution is -2.51. The number of nitrogens with two attached hydrogens (primary N) is 1. The number of halogens is 1. The van der Waals surface area contributed by atoms with E-state index in [2.05, 4.69) is 15.1 Å². The highest BCUT2D eigenvalue weighted by molar-refractivity contribution is 6.30. The fraction of sp³-hybridized carbons (Fsp3) is 0.714. The summed E-state index contributed by atoms with van der Waals surface area (Å²) in [5, 5.41) is 8.99. The zero-order valence-corrected chi connectivity index (χ0v) is 12.2. The molecular weight excluding hydrogens is 260 g/mol. The van der Waals surface area contributed by atoms with Gasteiger partial charge in [0.15, 0.2) is 11.0 Å². The summed E-state index contributed by atoms with van der Waals surface area (Å²) in [7, 11) is 0. The lowest BCUT2D eigenvalue weighted by molar-refractivity contribution is 0.356. The van der Waals surface area contributed by atoms with Crippen LogP contribution in [-0.4, -0.2) is 28.8 Å². The normalized spacial score (nSPS) is 27.2. The molecule has 1 aliphatic carbocycles. The Morgan fingerprint density at radius 3 is 2.79 bits per heavy atom. The number of anilines is 1. The second-order valence-electron chi connectivity index (χ2n) is 5.73. The number of nitrogens with zero attached hydrogens (tertiary/aromatic N) is 3. The Balaban J connectivity index is 1.96. The van der Waals surface area contributed by atoms with Crippen molar-refractivity contribution in [3.8, 4) is 0 Å². The summed E-state index contributed by atoms with van der Waals surface area (Å²) in [6, 6.07) is 0.681. The van der Waals surface area contributed by atoms with Gasteiger partial charge in [-0.05, 0) is 38.2 Å². The molecular formula is C14H21ClN4. The van der Waals surface area contributed by atoms with E-state index in [0.717, 1.165) is 37.2 Å². The van der Waals surface area contributed by atoms with Crippen LogP contribution in [0, 0.1) is 6.92 Å². The Labute approximate surface area is 119 Å². The van der Waals surface area contributed by atoms with Crippen LogP contribution in [0.3, 0.4) is 0 Å². The van der Waals surface area contributed by atoms with Crippen molar-refractivity contribution >= 4 is 17.4 Å². The van der Waals surface area contributed by atoms with Gasteiger partial charge in [-0.2, -0.15) is 0 Å². The van der Waals surface area contributed by atoms with Crippen LogP contribution in [0.1, 0.15) is 43.2 Å². The van der Waals surface area contributed by atoms with Gasteiger partial charge in [-0.25, -0.2) is 0 Å². The van der Waals surface area contributed by atoms with E-state index in [1.54, 1.807) is 0 Å². The maximum atomic E-state index is 6.32. The third-order valence-corrected chi connectivity index (χ3v) is 4.90. The molecule has 1 aromatic heterocycles. The molecule has 2 aliphatic rings. The van der Waals surface area contributed by atoms with Gasteiger partial charge in [-0.15, -0.1) is 10.2 Å². The quantitative estimate of drug-likeness (QED) is 0.859. The summed E-state index contributed by atoms with van der Waals surface area (Å²) in [6.45, 7) is 3.08. The van der Waals surface area contributed by atoms with Crippen molar-refractivity contribution < 1.29 is 0 Å². The number of aromatic nitrogens is 2. The molecule has 1 aliphatic heterocycles. The van der Waals surface area contributed by atoms with Gasteiger partial charge in [-0.3, -0.25) is 0 Å². The van der Waals surface area contributed by atoms with Crippen LogP contribution in [-0.2, 0) is 6.42 Å². The molecule has 2 N–H and O–H groups in total. The van der Waals surface area contributed by atoms with Crippen molar-refractivity contribution in [1.82, 2.24) is 10.2 Å². The number of fused-ring (bicyclic) bond motifs is 1. The average molecular weight is 281 g/mol. The minimum atomic E-state index is 0.262. The molecule has 2 heterocycles. The molecule has 0 bridgehead atoms. The van der Waals surface area contributed by atoms with E-state index in [1.165, 1.54) is 24.8 Å². The third kappa shape index (κ3) is 2.32. The molecule has 0 unspecified atom stereocenters. The fourth-order valence-electron chi connectivity index (χ4n) is 3.43. The van der Waals surface area contributed by atoms with Gasteiger partial charge in [0.05, 0.1) is 0 Å². The summed E-state index contributed by atoms with van der Waals surface area (Å²) < 4.78 is 0. The highest BCUT2D eigenvalue weighted by atomic mass is 35.5. The van der Waals surface area contributed by atoms with Crippen LogP contribution in [0.5, 0.6) is 0 Å². The lowest BCUT2D eigenvalue weighted by atomic mass is 9.88. The van der Waals surface area contributed by atoms with Gasteiger partial charge in [0, 0.05) is 24.2 Å². The van der Waals surface area contributed by atoms with Crippen LogP contribution in [0.2, 0.25) is 5.15 Å². The summed E-state index contributed by atoms with van der Waals surface area (Å²) in [5.41, 5.74) is 8.67. The largest absolute Gasteiger partial charge is 0.350 e. The van der Waals surface area contributed by atoms with E-state index >= 15 is 0 Å². The molecule has 0 radical (unpaired) electrons.